The van der Waals surface area contributed by atoms with Crippen LogP contribution >= 0.6 is 23.4 Å². The van der Waals surface area contributed by atoms with Gasteiger partial charge in [-0.25, -0.2) is 19.7 Å². The van der Waals surface area contributed by atoms with Crippen molar-refractivity contribution >= 4 is 46.9 Å². The second-order valence-corrected chi connectivity index (χ2v) is 11.2. The molecular formula is C28H25ClN6O5S. The number of nitrogens with two attached hydrogens (primary N) is 1. The van der Waals surface area contributed by atoms with E-state index >= 15 is 0 Å². The van der Waals surface area contributed by atoms with Gasteiger partial charge in [-0.2, -0.15) is 0 Å². The van der Waals surface area contributed by atoms with Gasteiger partial charge < -0.3 is 30.2 Å². The lowest BCUT2D eigenvalue weighted by Gasteiger charge is -2.42. The first kappa shape index (κ1) is 26.9. The number of carbonyl (C=O) groups excluding carboxylic acids is 1. The Morgan fingerprint density at radius 3 is 2.66 bits per heavy atom. The number of nitrogen functional groups attached to an aromatic ring is 1. The van der Waals surface area contributed by atoms with Crippen LogP contribution in [0.15, 0.2) is 69.3 Å². The molecule has 1 atom stereocenters. The van der Waals surface area contributed by atoms with E-state index in [9.17, 15) is 14.7 Å². The summed E-state index contributed by atoms with van der Waals surface area (Å²) in [6, 6.07) is 12.4. The summed E-state index contributed by atoms with van der Waals surface area (Å²) in [4.78, 5) is 40.4. The van der Waals surface area contributed by atoms with Crippen LogP contribution in [0.3, 0.4) is 0 Å². The van der Waals surface area contributed by atoms with E-state index in [1.54, 1.807) is 6.07 Å². The van der Waals surface area contributed by atoms with Gasteiger partial charge in [0.15, 0.2) is 17.4 Å². The summed E-state index contributed by atoms with van der Waals surface area (Å²) in [5.41, 5.74) is 7.23. The number of carboxylic acid groups (broad SMARTS) is 1. The number of nitrogens with one attached hydrogen (secondary N) is 1. The molecule has 0 aliphatic carbocycles. The van der Waals surface area contributed by atoms with Crippen LogP contribution in [-0.2, 0) is 0 Å². The molecule has 0 bridgehead atoms. The molecule has 0 radical (unpaired) electrons. The molecule has 11 nitrogen and oxygen atoms in total. The van der Waals surface area contributed by atoms with Crippen molar-refractivity contribution in [3.63, 3.8) is 0 Å². The van der Waals surface area contributed by atoms with Gasteiger partial charge in [0, 0.05) is 43.3 Å². The maximum Gasteiger partial charge on any atom is 0.405 e. The number of amides is 1. The molecule has 2 aromatic heterocycles. The highest BCUT2D eigenvalue weighted by molar-refractivity contribution is 7.99. The number of piperidine rings is 1. The molecule has 4 aromatic rings. The smallest absolute Gasteiger partial charge is 0.405 e. The Hall–Kier alpha value is -4.29. The monoisotopic (exact) mass is 592 g/mol. The summed E-state index contributed by atoms with van der Waals surface area (Å²) in [6.07, 6.45) is 2.87. The molecule has 2 aliphatic heterocycles. The predicted molar refractivity (Wildman–Crippen MR) is 153 cm³/mol. The lowest BCUT2D eigenvalue weighted by Crippen LogP contribution is -2.53. The Kier molecular flexibility index (Phi) is 6.96. The Balaban J connectivity index is 1.26. The third-order valence-electron chi connectivity index (χ3n) is 7.28. The summed E-state index contributed by atoms with van der Waals surface area (Å²) in [6.45, 7) is 2.34. The van der Waals surface area contributed by atoms with Gasteiger partial charge in [-0.1, -0.05) is 47.6 Å². The molecule has 1 spiro atoms. The van der Waals surface area contributed by atoms with Gasteiger partial charge >= 0.3 is 6.09 Å². The molecule has 1 fully saturated rings. The minimum atomic E-state index is -1.12. The molecule has 2 aliphatic rings. The highest BCUT2D eigenvalue weighted by Gasteiger charge is 2.51. The topological polar surface area (TPSA) is 157 Å². The van der Waals surface area contributed by atoms with Gasteiger partial charge in [0.05, 0.1) is 16.8 Å². The maximum atomic E-state index is 12.7. The van der Waals surface area contributed by atoms with E-state index in [4.69, 9.17) is 26.5 Å². The number of carbonyl (C=O) groups is 2. The number of Topliss-reactive ketones (excluding diaryl/α,β-unsaturated/α-hetero) is 1. The van der Waals surface area contributed by atoms with Crippen molar-refractivity contribution in [2.24, 2.45) is 0 Å². The molecule has 0 unspecified atom stereocenters. The highest BCUT2D eigenvalue weighted by atomic mass is 35.5. The van der Waals surface area contributed by atoms with E-state index in [1.807, 2.05) is 41.3 Å². The van der Waals surface area contributed by atoms with Crippen molar-refractivity contribution < 1.29 is 23.8 Å². The summed E-state index contributed by atoms with van der Waals surface area (Å²) >= 11 is 7.85. The average Bonchev–Trinajstić information content (AvgIpc) is 3.58. The molecule has 1 amide bonds. The van der Waals surface area contributed by atoms with Gasteiger partial charge in [0.2, 0.25) is 5.89 Å². The van der Waals surface area contributed by atoms with E-state index < -0.39 is 17.7 Å². The number of ether oxygens (including phenoxy) is 1. The Morgan fingerprint density at radius 2 is 1.95 bits per heavy atom. The van der Waals surface area contributed by atoms with Crippen molar-refractivity contribution in [3.05, 3.63) is 71.2 Å². The minimum absolute atomic E-state index is 0.155. The molecule has 1 saturated heterocycles. The van der Waals surface area contributed by atoms with Crippen LogP contribution in [0.2, 0.25) is 5.02 Å². The summed E-state index contributed by atoms with van der Waals surface area (Å²) in [5.74, 6) is 1.33. The molecule has 2 aromatic carbocycles. The quantitative estimate of drug-likeness (QED) is 0.244. The molecule has 210 valence electrons. The fraction of sp³-hybridized carbons (Fsp3) is 0.250. The first-order valence-electron chi connectivity index (χ1n) is 12.8. The third-order valence-corrected chi connectivity index (χ3v) is 8.86. The summed E-state index contributed by atoms with van der Waals surface area (Å²) in [5, 5.41) is 12.9. The first-order chi connectivity index (χ1) is 19.8. The van der Waals surface area contributed by atoms with Crippen LogP contribution in [0, 0.1) is 0 Å². The van der Waals surface area contributed by atoms with Crippen LogP contribution in [0.4, 0.5) is 16.4 Å². The number of halogens is 1. The number of oxazole rings is 1. The van der Waals surface area contributed by atoms with Gasteiger partial charge in [-0.05, 0) is 18.2 Å². The zero-order valence-corrected chi connectivity index (χ0v) is 23.4. The maximum absolute atomic E-state index is 12.7. The Labute approximate surface area is 244 Å². The number of rotatable bonds is 6. The van der Waals surface area contributed by atoms with E-state index in [0.29, 0.717) is 63.9 Å². The molecule has 4 N–H and O–H groups in total. The molecule has 0 saturated carbocycles. The van der Waals surface area contributed by atoms with Crippen molar-refractivity contribution in [2.75, 3.05) is 23.7 Å². The van der Waals surface area contributed by atoms with Crippen LogP contribution in [-0.4, -0.2) is 50.6 Å². The second kappa shape index (κ2) is 10.6. The number of hydrogen-bond donors (Lipinski definition) is 3. The number of benzene rings is 2. The van der Waals surface area contributed by atoms with E-state index in [0.717, 1.165) is 5.56 Å². The van der Waals surface area contributed by atoms with E-state index in [-0.39, 0.29) is 17.3 Å². The van der Waals surface area contributed by atoms with E-state index in [2.05, 4.69) is 20.3 Å². The fourth-order valence-electron chi connectivity index (χ4n) is 5.36. The van der Waals surface area contributed by atoms with Crippen molar-refractivity contribution in [3.8, 4) is 17.2 Å². The zero-order chi connectivity index (χ0) is 28.7. The lowest BCUT2D eigenvalue weighted by atomic mass is 9.82. The first-order valence-corrected chi connectivity index (χ1v) is 14.0. The zero-order valence-electron chi connectivity index (χ0n) is 21.8. The van der Waals surface area contributed by atoms with Crippen molar-refractivity contribution in [1.82, 2.24) is 20.3 Å². The number of aromatic nitrogens is 3. The minimum Gasteiger partial charge on any atom is -0.484 e. The Morgan fingerprint density at radius 1 is 1.17 bits per heavy atom. The largest absolute Gasteiger partial charge is 0.484 e. The highest BCUT2D eigenvalue weighted by Crippen LogP contribution is 2.49. The van der Waals surface area contributed by atoms with Crippen LogP contribution in [0.5, 0.6) is 5.75 Å². The molecule has 6 rings (SSSR count). The van der Waals surface area contributed by atoms with Crippen molar-refractivity contribution in [1.29, 1.82) is 0 Å². The number of hydrogen-bond acceptors (Lipinski definition) is 10. The molecule has 4 heterocycles. The van der Waals surface area contributed by atoms with Gasteiger partial charge in [-0.15, -0.1) is 0 Å². The number of anilines is 2. The average molecular weight is 593 g/mol. The summed E-state index contributed by atoms with van der Waals surface area (Å²) < 4.78 is 11.8. The summed E-state index contributed by atoms with van der Waals surface area (Å²) in [7, 11) is 0. The van der Waals surface area contributed by atoms with Crippen LogP contribution in [0.25, 0.3) is 11.5 Å². The molecular weight excluding hydrogens is 568 g/mol. The normalized spacial score (nSPS) is 17.2. The SMILES string of the molecule is CC(=O)c1nc(Sc2cccc(-c3ncco3)c2Cl)c(N)nc1N1CCC2(CC1)Oc1ccccc1[C@H]2NC(=O)O. The second-order valence-electron chi connectivity index (χ2n) is 9.77. The standard InChI is InChI=1S/C28H25ClN6O5S/c1-15(36)21-24(34-23(30)26(32-21)41-19-8-4-6-17(20(19)29)25-31-11-14-39-25)35-12-9-28(10-13-35)22(33-27(37)38)16-5-2-3-7-18(16)40-28/h2-8,11,14,22,33H,9-10,12-13H2,1H3,(H2,30,34)(H,37,38)/t22-/m1/s1. The van der Waals surface area contributed by atoms with Crippen molar-refractivity contribution in [2.45, 2.75) is 41.3 Å². The van der Waals surface area contributed by atoms with E-state index in [1.165, 1.54) is 31.1 Å². The third kappa shape index (κ3) is 4.93. The molecule has 13 heteroatoms. The fourth-order valence-corrected chi connectivity index (χ4v) is 6.53. The van der Waals surface area contributed by atoms with Gasteiger partial charge in [-0.3, -0.25) is 4.79 Å². The predicted octanol–water partition coefficient (Wildman–Crippen LogP) is 5.46. The number of para-hydroxylation sites is 1. The lowest BCUT2D eigenvalue weighted by molar-refractivity contribution is 0.0315. The van der Waals surface area contributed by atoms with Crippen LogP contribution < -0.4 is 20.7 Å². The molecule has 41 heavy (non-hydrogen) atoms. The van der Waals surface area contributed by atoms with Crippen LogP contribution in [0.1, 0.15) is 41.9 Å². The Bertz CT molecular complexity index is 1640. The number of fused-ring (bicyclic) bond motifs is 1. The van der Waals surface area contributed by atoms with Gasteiger partial charge in [0.1, 0.15) is 34.4 Å². The number of ketones is 1. The number of nitrogens with zero attached hydrogens (tertiary/aromatic N) is 4. The van der Waals surface area contributed by atoms with Gasteiger partial charge in [0.25, 0.3) is 0 Å².